The quantitative estimate of drug-likeness (QED) is 0.798. The topological polar surface area (TPSA) is 71.5 Å². The summed E-state index contributed by atoms with van der Waals surface area (Å²) in [6.07, 6.45) is 0. The molecule has 5 nitrogen and oxygen atoms in total. The van der Waals surface area contributed by atoms with Gasteiger partial charge in [-0.05, 0) is 26.0 Å². The third-order valence-corrected chi connectivity index (χ3v) is 3.26. The second kappa shape index (κ2) is 4.89. The van der Waals surface area contributed by atoms with Crippen molar-refractivity contribution in [2.45, 2.75) is 25.9 Å². The van der Waals surface area contributed by atoms with Gasteiger partial charge in [0.25, 0.3) is 0 Å². The fraction of sp³-hybridized carbons (Fsp3) is 0.583. The van der Waals surface area contributed by atoms with Gasteiger partial charge in [0.05, 0.1) is 12.1 Å². The van der Waals surface area contributed by atoms with Crippen molar-refractivity contribution in [2.24, 2.45) is 5.73 Å². The predicted molar refractivity (Wildman–Crippen MR) is 64.4 cm³/mol. The third-order valence-electron chi connectivity index (χ3n) is 3.26. The number of hydrogen-bond acceptors (Lipinski definition) is 4. The molecule has 1 aromatic heterocycles. The van der Waals surface area contributed by atoms with Crippen LogP contribution in [-0.4, -0.2) is 36.5 Å². The second-order valence-corrected chi connectivity index (χ2v) is 4.40. The number of nitrogens with zero attached hydrogens (tertiary/aromatic N) is 1. The van der Waals surface area contributed by atoms with E-state index in [4.69, 9.17) is 10.2 Å². The fourth-order valence-electron chi connectivity index (χ4n) is 2.27. The molecule has 0 saturated carbocycles. The van der Waals surface area contributed by atoms with Crippen LogP contribution in [0.2, 0.25) is 0 Å². The minimum Gasteiger partial charge on any atom is -0.465 e. The molecular formula is C12H19N3O2. The Bertz CT molecular complexity index is 402. The Morgan fingerprint density at radius 3 is 3.00 bits per heavy atom. The molecule has 0 aliphatic carbocycles. The lowest BCUT2D eigenvalue weighted by Crippen LogP contribution is -2.55. The Labute approximate surface area is 101 Å². The highest BCUT2D eigenvalue weighted by molar-refractivity contribution is 5.82. The summed E-state index contributed by atoms with van der Waals surface area (Å²) in [4.78, 5) is 13.7. The van der Waals surface area contributed by atoms with Crippen LogP contribution in [0, 0.1) is 6.92 Å². The van der Waals surface area contributed by atoms with Gasteiger partial charge in [-0.3, -0.25) is 9.69 Å². The van der Waals surface area contributed by atoms with E-state index in [1.54, 1.807) is 0 Å². The molecule has 1 saturated heterocycles. The van der Waals surface area contributed by atoms with Crippen molar-refractivity contribution < 1.29 is 9.21 Å². The van der Waals surface area contributed by atoms with Gasteiger partial charge in [-0.25, -0.2) is 0 Å². The molecule has 17 heavy (non-hydrogen) atoms. The van der Waals surface area contributed by atoms with Crippen molar-refractivity contribution in [1.82, 2.24) is 10.2 Å². The van der Waals surface area contributed by atoms with Crippen LogP contribution in [0.5, 0.6) is 0 Å². The van der Waals surface area contributed by atoms with Crippen molar-refractivity contribution >= 4 is 5.91 Å². The van der Waals surface area contributed by atoms with Crippen LogP contribution in [0.15, 0.2) is 16.5 Å². The number of nitrogens with two attached hydrogens (primary N) is 1. The number of amides is 1. The highest BCUT2D eigenvalue weighted by atomic mass is 16.3. The smallest absolute Gasteiger partial charge is 0.237 e. The largest absolute Gasteiger partial charge is 0.465 e. The van der Waals surface area contributed by atoms with E-state index in [0.717, 1.165) is 18.1 Å². The average Bonchev–Trinajstić information content (AvgIpc) is 2.72. The number of aryl methyl sites for hydroxylation is 1. The van der Waals surface area contributed by atoms with Gasteiger partial charge in [-0.2, -0.15) is 0 Å². The van der Waals surface area contributed by atoms with E-state index < -0.39 is 0 Å². The summed E-state index contributed by atoms with van der Waals surface area (Å²) in [5, 5.41) is 2.85. The summed E-state index contributed by atoms with van der Waals surface area (Å²) >= 11 is 0. The van der Waals surface area contributed by atoms with Gasteiger partial charge in [-0.1, -0.05) is 0 Å². The highest BCUT2D eigenvalue weighted by Crippen LogP contribution is 2.24. The standard InChI is InChI=1S/C12H19N3O2/c1-8-3-4-11(17-8)10(7-13)15-6-5-14-12(16)9(15)2/h3-4,9-10H,5-7,13H2,1-2H3,(H,14,16). The Hall–Kier alpha value is -1.33. The molecule has 1 aliphatic rings. The maximum atomic E-state index is 11.6. The first-order valence-corrected chi connectivity index (χ1v) is 5.93. The van der Waals surface area contributed by atoms with E-state index in [0.29, 0.717) is 13.1 Å². The molecule has 2 atom stereocenters. The maximum absolute atomic E-state index is 11.6. The number of hydrogen-bond donors (Lipinski definition) is 2. The summed E-state index contributed by atoms with van der Waals surface area (Å²) < 4.78 is 5.62. The normalized spacial score (nSPS) is 23.5. The van der Waals surface area contributed by atoms with Gasteiger partial charge in [0.2, 0.25) is 5.91 Å². The van der Waals surface area contributed by atoms with Gasteiger partial charge in [-0.15, -0.1) is 0 Å². The third kappa shape index (κ3) is 2.35. The molecule has 1 aromatic rings. The van der Waals surface area contributed by atoms with Crippen LogP contribution >= 0.6 is 0 Å². The average molecular weight is 237 g/mol. The van der Waals surface area contributed by atoms with Crippen molar-refractivity contribution in [3.8, 4) is 0 Å². The van der Waals surface area contributed by atoms with E-state index in [2.05, 4.69) is 10.2 Å². The molecule has 0 aromatic carbocycles. The molecule has 0 bridgehead atoms. The Balaban J connectivity index is 2.20. The molecule has 0 spiro atoms. The molecule has 2 rings (SSSR count). The van der Waals surface area contributed by atoms with E-state index in [1.807, 2.05) is 26.0 Å². The zero-order valence-electron chi connectivity index (χ0n) is 10.3. The van der Waals surface area contributed by atoms with Crippen LogP contribution in [0.4, 0.5) is 0 Å². The van der Waals surface area contributed by atoms with E-state index >= 15 is 0 Å². The first kappa shape index (κ1) is 12.1. The summed E-state index contributed by atoms with van der Waals surface area (Å²) in [6, 6.07) is 3.67. The van der Waals surface area contributed by atoms with Crippen LogP contribution in [0.1, 0.15) is 24.5 Å². The van der Waals surface area contributed by atoms with Crippen LogP contribution in [0.25, 0.3) is 0 Å². The first-order chi connectivity index (χ1) is 8.13. The SMILES string of the molecule is Cc1ccc(C(CN)N2CCNC(=O)C2C)o1. The molecule has 2 heterocycles. The van der Waals surface area contributed by atoms with E-state index in [1.165, 1.54) is 0 Å². The second-order valence-electron chi connectivity index (χ2n) is 4.40. The molecule has 2 unspecified atom stereocenters. The monoisotopic (exact) mass is 237 g/mol. The molecule has 1 aliphatic heterocycles. The molecule has 3 N–H and O–H groups in total. The first-order valence-electron chi connectivity index (χ1n) is 5.93. The Morgan fingerprint density at radius 1 is 1.65 bits per heavy atom. The molecule has 5 heteroatoms. The zero-order valence-corrected chi connectivity index (χ0v) is 10.3. The predicted octanol–water partition coefficient (Wildman–Crippen LogP) is 0.408. The van der Waals surface area contributed by atoms with Gasteiger partial charge in [0, 0.05) is 19.6 Å². The fourth-order valence-corrected chi connectivity index (χ4v) is 2.27. The number of piperazine rings is 1. The molecule has 0 radical (unpaired) electrons. The van der Waals surface area contributed by atoms with Crippen LogP contribution < -0.4 is 11.1 Å². The van der Waals surface area contributed by atoms with Crippen molar-refractivity contribution in [2.75, 3.05) is 19.6 Å². The molecule has 1 fully saturated rings. The number of carbonyl (C=O) groups is 1. The maximum Gasteiger partial charge on any atom is 0.237 e. The van der Waals surface area contributed by atoms with Crippen LogP contribution in [-0.2, 0) is 4.79 Å². The highest BCUT2D eigenvalue weighted by Gasteiger charge is 2.32. The van der Waals surface area contributed by atoms with E-state index in [-0.39, 0.29) is 18.0 Å². The minimum absolute atomic E-state index is 0.0234. The summed E-state index contributed by atoms with van der Waals surface area (Å²) in [7, 11) is 0. The molecule has 94 valence electrons. The van der Waals surface area contributed by atoms with Gasteiger partial charge in [0.1, 0.15) is 11.5 Å². The molecular weight excluding hydrogens is 218 g/mol. The lowest BCUT2D eigenvalue weighted by Gasteiger charge is -2.37. The van der Waals surface area contributed by atoms with Crippen molar-refractivity contribution in [1.29, 1.82) is 0 Å². The lowest BCUT2D eigenvalue weighted by atomic mass is 10.1. The Kier molecular flexibility index (Phi) is 3.49. The number of carbonyl (C=O) groups excluding carboxylic acids is 1. The number of nitrogens with one attached hydrogen (secondary N) is 1. The summed E-state index contributed by atoms with van der Waals surface area (Å²) in [5.74, 6) is 1.76. The number of furan rings is 1. The summed E-state index contributed by atoms with van der Waals surface area (Å²) in [6.45, 7) is 5.72. The van der Waals surface area contributed by atoms with Crippen molar-refractivity contribution in [3.63, 3.8) is 0 Å². The van der Waals surface area contributed by atoms with E-state index in [9.17, 15) is 4.79 Å². The van der Waals surface area contributed by atoms with Gasteiger partial charge < -0.3 is 15.5 Å². The zero-order chi connectivity index (χ0) is 12.4. The summed E-state index contributed by atoms with van der Waals surface area (Å²) in [5.41, 5.74) is 5.82. The number of rotatable bonds is 3. The molecule has 1 amide bonds. The van der Waals surface area contributed by atoms with Crippen molar-refractivity contribution in [3.05, 3.63) is 23.7 Å². The lowest BCUT2D eigenvalue weighted by molar-refractivity contribution is -0.129. The van der Waals surface area contributed by atoms with Crippen LogP contribution in [0.3, 0.4) is 0 Å². The Morgan fingerprint density at radius 2 is 2.41 bits per heavy atom. The van der Waals surface area contributed by atoms with Gasteiger partial charge >= 0.3 is 0 Å². The minimum atomic E-state index is -0.164. The van der Waals surface area contributed by atoms with Gasteiger partial charge in [0.15, 0.2) is 0 Å².